The minimum absolute atomic E-state index is 0.0142. The van der Waals surface area contributed by atoms with Gasteiger partial charge < -0.3 is 34.7 Å². The van der Waals surface area contributed by atoms with E-state index in [1.54, 1.807) is 18.2 Å². The van der Waals surface area contributed by atoms with Crippen LogP contribution in [0.5, 0.6) is 11.5 Å². The number of benzene rings is 2. The van der Waals surface area contributed by atoms with Crippen molar-refractivity contribution >= 4 is 17.3 Å². The molecule has 2 heterocycles. The van der Waals surface area contributed by atoms with Crippen LogP contribution in [0.15, 0.2) is 54.3 Å². The third-order valence-electron chi connectivity index (χ3n) is 5.78. The number of nitro benzene ring substituents is 1. The highest BCUT2D eigenvalue weighted by atomic mass is 16.7. The molecule has 2 aliphatic rings. The third-order valence-corrected chi connectivity index (χ3v) is 5.78. The van der Waals surface area contributed by atoms with Crippen LogP contribution >= 0.6 is 0 Å². The quantitative estimate of drug-likeness (QED) is 0.228. The van der Waals surface area contributed by atoms with Crippen LogP contribution in [-0.4, -0.2) is 55.3 Å². The van der Waals surface area contributed by atoms with Crippen LogP contribution in [0.4, 0.5) is 11.4 Å². The fraction of sp³-hybridized carbons (Fsp3) is 0.400. The van der Waals surface area contributed by atoms with Crippen molar-refractivity contribution in [3.05, 3.63) is 70.0 Å². The molecule has 3 N–H and O–H groups in total. The molecule has 2 aromatic carbocycles. The maximum Gasteiger partial charge on any atom is 0.286 e. The van der Waals surface area contributed by atoms with Gasteiger partial charge in [-0.1, -0.05) is 6.07 Å². The van der Waals surface area contributed by atoms with E-state index in [1.165, 1.54) is 12.1 Å². The van der Waals surface area contributed by atoms with E-state index in [2.05, 4.69) is 10.6 Å². The van der Waals surface area contributed by atoms with Crippen LogP contribution in [0.2, 0.25) is 0 Å². The molecular weight excluding hydrogens is 470 g/mol. The molecule has 1 amide bonds. The Morgan fingerprint density at radius 3 is 2.69 bits per heavy atom. The molecule has 0 fully saturated rings. The first-order valence-corrected chi connectivity index (χ1v) is 11.8. The summed E-state index contributed by atoms with van der Waals surface area (Å²) >= 11 is 0. The number of hydrogen-bond donors (Lipinski definition) is 3. The molecular formula is C25H29N3O8. The summed E-state index contributed by atoms with van der Waals surface area (Å²) in [6.07, 6.45) is 3.01. The van der Waals surface area contributed by atoms with Gasteiger partial charge in [0, 0.05) is 49.9 Å². The van der Waals surface area contributed by atoms with Gasteiger partial charge in [-0.2, -0.15) is 0 Å². The van der Waals surface area contributed by atoms with E-state index in [4.69, 9.17) is 24.1 Å². The molecule has 0 spiro atoms. The Morgan fingerprint density at radius 2 is 1.92 bits per heavy atom. The van der Waals surface area contributed by atoms with Gasteiger partial charge in [0.25, 0.3) is 11.6 Å². The molecule has 11 heteroatoms. The largest absolute Gasteiger partial charge is 0.459 e. The predicted octanol–water partition coefficient (Wildman–Crippen LogP) is 3.05. The van der Waals surface area contributed by atoms with E-state index in [0.29, 0.717) is 56.1 Å². The summed E-state index contributed by atoms with van der Waals surface area (Å²) in [5.41, 5.74) is 1.68. The van der Waals surface area contributed by atoms with Crippen molar-refractivity contribution in [2.45, 2.75) is 31.5 Å². The van der Waals surface area contributed by atoms with E-state index < -0.39 is 11.2 Å². The van der Waals surface area contributed by atoms with Gasteiger partial charge in [-0.15, -0.1) is 0 Å². The molecule has 0 aliphatic carbocycles. The minimum atomic E-state index is -0.608. The van der Waals surface area contributed by atoms with Crippen LogP contribution in [0.3, 0.4) is 0 Å². The van der Waals surface area contributed by atoms with Crippen molar-refractivity contribution in [1.29, 1.82) is 0 Å². The highest BCUT2D eigenvalue weighted by Crippen LogP contribution is 2.38. The number of aliphatic hydroxyl groups excluding tert-OH is 1. The number of carbonyl (C=O) groups excluding carboxylic acids is 1. The lowest BCUT2D eigenvalue weighted by atomic mass is 9.92. The van der Waals surface area contributed by atoms with Gasteiger partial charge in [0.2, 0.25) is 13.1 Å². The average Bonchev–Trinajstić information content (AvgIpc) is 3.37. The topological polar surface area (TPSA) is 141 Å². The lowest BCUT2D eigenvalue weighted by Gasteiger charge is -2.29. The van der Waals surface area contributed by atoms with Crippen LogP contribution < -0.4 is 20.1 Å². The number of nitrogens with zero attached hydrogens (tertiary/aromatic N) is 1. The van der Waals surface area contributed by atoms with E-state index in [1.807, 2.05) is 18.2 Å². The SMILES string of the molecule is O=C(NCCNc1ccc([N+](=O)[O-])cc1)C1=C[C@@H](c2ccc3c(c2)OCO3)C[C@@H](OCCCCO)O1. The standard InChI is InChI=1S/C25H29N3O8/c29-11-1-2-12-33-24-15-18(17-3-8-21-22(13-17)35-16-34-21)14-23(36-24)25(30)27-10-9-26-19-4-6-20(7-5-19)28(31)32/h3-8,13-14,18,24,26,29H,1-2,9-12,15-16H2,(H,27,30)/t18-,24+/m1/s1. The molecule has 2 aliphatic heterocycles. The van der Waals surface area contributed by atoms with Gasteiger partial charge >= 0.3 is 0 Å². The number of ether oxygens (including phenoxy) is 4. The van der Waals surface area contributed by atoms with Crippen molar-refractivity contribution in [2.24, 2.45) is 0 Å². The first-order valence-electron chi connectivity index (χ1n) is 11.8. The third kappa shape index (κ3) is 6.64. The number of allylic oxidation sites excluding steroid dienone is 1. The minimum Gasteiger partial charge on any atom is -0.459 e. The Labute approximate surface area is 208 Å². The zero-order valence-electron chi connectivity index (χ0n) is 19.7. The van der Waals surface area contributed by atoms with Crippen molar-refractivity contribution in [1.82, 2.24) is 5.32 Å². The summed E-state index contributed by atoms with van der Waals surface area (Å²) in [6.45, 7) is 1.42. The van der Waals surface area contributed by atoms with E-state index in [9.17, 15) is 14.9 Å². The first-order chi connectivity index (χ1) is 17.5. The molecule has 11 nitrogen and oxygen atoms in total. The molecule has 192 valence electrons. The monoisotopic (exact) mass is 499 g/mol. The van der Waals surface area contributed by atoms with Crippen LogP contribution in [0, 0.1) is 10.1 Å². The molecule has 0 saturated heterocycles. The highest BCUT2D eigenvalue weighted by Gasteiger charge is 2.29. The summed E-state index contributed by atoms with van der Waals surface area (Å²) < 4.78 is 22.6. The molecule has 36 heavy (non-hydrogen) atoms. The maximum absolute atomic E-state index is 12.9. The number of anilines is 1. The lowest BCUT2D eigenvalue weighted by Crippen LogP contribution is -2.35. The van der Waals surface area contributed by atoms with Gasteiger partial charge in [-0.3, -0.25) is 14.9 Å². The fourth-order valence-electron chi connectivity index (χ4n) is 3.89. The Bertz CT molecular complexity index is 1090. The first kappa shape index (κ1) is 25.3. The van der Waals surface area contributed by atoms with Crippen LogP contribution in [-0.2, 0) is 14.3 Å². The maximum atomic E-state index is 12.9. The van der Waals surface area contributed by atoms with E-state index in [-0.39, 0.29) is 36.7 Å². The number of rotatable bonds is 12. The number of non-ortho nitro benzene ring substituents is 1. The van der Waals surface area contributed by atoms with Crippen LogP contribution in [0.1, 0.15) is 30.7 Å². The van der Waals surface area contributed by atoms with Crippen molar-refractivity contribution in [3.8, 4) is 11.5 Å². The summed E-state index contributed by atoms with van der Waals surface area (Å²) in [5, 5.41) is 25.7. The second-order valence-electron chi connectivity index (χ2n) is 8.32. The summed E-state index contributed by atoms with van der Waals surface area (Å²) in [6, 6.07) is 11.7. The summed E-state index contributed by atoms with van der Waals surface area (Å²) in [7, 11) is 0. The smallest absolute Gasteiger partial charge is 0.286 e. The number of nitrogens with one attached hydrogen (secondary N) is 2. The molecule has 0 radical (unpaired) electrons. The molecule has 0 saturated carbocycles. The molecule has 0 bridgehead atoms. The number of aliphatic hydroxyl groups is 1. The van der Waals surface area contributed by atoms with Crippen molar-refractivity contribution in [2.75, 3.05) is 38.4 Å². The number of carbonyl (C=O) groups is 1. The number of amides is 1. The van der Waals surface area contributed by atoms with E-state index >= 15 is 0 Å². The van der Waals surface area contributed by atoms with Gasteiger partial charge in [-0.25, -0.2) is 0 Å². The summed E-state index contributed by atoms with van der Waals surface area (Å²) in [4.78, 5) is 23.2. The Kier molecular flexibility index (Phi) is 8.58. The highest BCUT2D eigenvalue weighted by molar-refractivity contribution is 5.91. The Balaban J connectivity index is 1.36. The van der Waals surface area contributed by atoms with Gasteiger partial charge in [-0.05, 0) is 48.7 Å². The summed E-state index contributed by atoms with van der Waals surface area (Å²) in [5.74, 6) is 1.03. The average molecular weight is 500 g/mol. The predicted molar refractivity (Wildman–Crippen MR) is 130 cm³/mol. The Morgan fingerprint density at radius 1 is 1.11 bits per heavy atom. The van der Waals surface area contributed by atoms with Crippen molar-refractivity contribution < 1.29 is 33.8 Å². The molecule has 2 aromatic rings. The zero-order valence-corrected chi connectivity index (χ0v) is 19.7. The number of fused-ring (bicyclic) bond motifs is 1. The van der Waals surface area contributed by atoms with Gasteiger partial charge in [0.15, 0.2) is 17.3 Å². The van der Waals surface area contributed by atoms with Gasteiger partial charge in [0.1, 0.15) is 0 Å². The molecule has 4 rings (SSSR count). The second-order valence-corrected chi connectivity index (χ2v) is 8.32. The Hall–Kier alpha value is -3.83. The van der Waals surface area contributed by atoms with Crippen molar-refractivity contribution in [3.63, 3.8) is 0 Å². The van der Waals surface area contributed by atoms with E-state index in [0.717, 1.165) is 5.56 Å². The second kappa shape index (κ2) is 12.2. The van der Waals surface area contributed by atoms with Gasteiger partial charge in [0.05, 0.1) is 11.5 Å². The molecule has 0 aromatic heterocycles. The fourth-order valence-corrected chi connectivity index (χ4v) is 3.89. The normalized spacial score (nSPS) is 18.2. The molecule has 2 atom stereocenters. The zero-order chi connectivity index (χ0) is 25.3. The lowest BCUT2D eigenvalue weighted by molar-refractivity contribution is -0.384. The number of unbranched alkanes of at least 4 members (excludes halogenated alkanes) is 1. The van der Waals surface area contributed by atoms with Crippen LogP contribution in [0.25, 0.3) is 0 Å². The molecule has 0 unspecified atom stereocenters. The number of hydrogen-bond acceptors (Lipinski definition) is 9. The number of nitro groups is 1.